The second-order valence-corrected chi connectivity index (χ2v) is 7.74. The number of amides is 1. The zero-order valence-electron chi connectivity index (χ0n) is 16.1. The summed E-state index contributed by atoms with van der Waals surface area (Å²) in [4.78, 5) is 17.4. The average Bonchev–Trinajstić information content (AvgIpc) is 2.61. The third kappa shape index (κ3) is 3.94. The van der Waals surface area contributed by atoms with Gasteiger partial charge in [-0.15, -0.1) is 0 Å². The van der Waals surface area contributed by atoms with Crippen LogP contribution in [0.2, 0.25) is 5.02 Å². The molecule has 1 aliphatic rings. The zero-order chi connectivity index (χ0) is 18.8. The molecule has 0 aliphatic carbocycles. The van der Waals surface area contributed by atoms with Crippen molar-refractivity contribution in [3.63, 3.8) is 0 Å². The standard InChI is InChI=1S/C22H27ClN2O/c1-5-17-13-18(6-7-20(17)23)21-14-25(9-8-24(21)4)22(26)19-11-15(2)10-16(3)12-19/h6-7,10-13,21H,5,8-9,14H2,1-4H3/t21-/m0/s1. The zero-order valence-corrected chi connectivity index (χ0v) is 16.8. The molecule has 0 aromatic heterocycles. The van der Waals surface area contributed by atoms with Crippen molar-refractivity contribution in [1.29, 1.82) is 0 Å². The van der Waals surface area contributed by atoms with Gasteiger partial charge < -0.3 is 4.90 Å². The third-order valence-electron chi connectivity index (χ3n) is 5.24. The summed E-state index contributed by atoms with van der Waals surface area (Å²) in [5, 5.41) is 0.817. The van der Waals surface area contributed by atoms with E-state index in [4.69, 9.17) is 11.6 Å². The fourth-order valence-corrected chi connectivity index (χ4v) is 4.02. The Bertz CT molecular complexity index is 798. The largest absolute Gasteiger partial charge is 0.335 e. The number of rotatable bonds is 3. The smallest absolute Gasteiger partial charge is 0.253 e. The van der Waals surface area contributed by atoms with Gasteiger partial charge in [0, 0.05) is 30.2 Å². The van der Waals surface area contributed by atoms with E-state index in [1.807, 2.05) is 36.9 Å². The average molecular weight is 371 g/mol. The van der Waals surface area contributed by atoms with E-state index >= 15 is 0 Å². The normalized spacial score (nSPS) is 18.2. The monoisotopic (exact) mass is 370 g/mol. The Kier molecular flexibility index (Phi) is 5.69. The minimum atomic E-state index is 0.125. The number of aryl methyl sites for hydroxylation is 3. The van der Waals surface area contributed by atoms with Crippen LogP contribution in [0.5, 0.6) is 0 Å². The number of hydrogen-bond donors (Lipinski definition) is 0. The lowest BCUT2D eigenvalue weighted by molar-refractivity contribution is 0.0546. The predicted octanol–water partition coefficient (Wildman–Crippen LogP) is 4.65. The summed E-state index contributed by atoms with van der Waals surface area (Å²) >= 11 is 6.28. The SMILES string of the molecule is CCc1cc([C@@H]2CN(C(=O)c3cc(C)cc(C)c3)CCN2C)ccc1Cl. The Morgan fingerprint density at radius 2 is 1.81 bits per heavy atom. The molecule has 4 heteroatoms. The van der Waals surface area contributed by atoms with Crippen LogP contribution in [0.4, 0.5) is 0 Å². The minimum Gasteiger partial charge on any atom is -0.335 e. The van der Waals surface area contributed by atoms with E-state index in [-0.39, 0.29) is 11.9 Å². The Morgan fingerprint density at radius 3 is 2.46 bits per heavy atom. The summed E-state index contributed by atoms with van der Waals surface area (Å²) in [5.41, 5.74) is 5.44. The lowest BCUT2D eigenvalue weighted by Crippen LogP contribution is -2.49. The molecule has 1 fully saturated rings. The first kappa shape index (κ1) is 18.9. The summed E-state index contributed by atoms with van der Waals surface area (Å²) in [7, 11) is 2.13. The number of likely N-dealkylation sites (N-methyl/N-ethyl adjacent to an activating group) is 1. The molecule has 2 aromatic rings. The molecule has 0 N–H and O–H groups in total. The second-order valence-electron chi connectivity index (χ2n) is 7.33. The Morgan fingerprint density at radius 1 is 1.12 bits per heavy atom. The molecule has 138 valence electrons. The number of nitrogens with zero attached hydrogens (tertiary/aromatic N) is 2. The van der Waals surface area contributed by atoms with Crippen molar-refractivity contribution < 1.29 is 4.79 Å². The molecular formula is C22H27ClN2O. The maximum Gasteiger partial charge on any atom is 0.253 e. The molecule has 0 saturated carbocycles. The lowest BCUT2D eigenvalue weighted by atomic mass is 9.99. The number of carbonyl (C=O) groups excluding carboxylic acids is 1. The van der Waals surface area contributed by atoms with Crippen molar-refractivity contribution in [2.75, 3.05) is 26.7 Å². The van der Waals surface area contributed by atoms with E-state index in [0.717, 1.165) is 46.8 Å². The van der Waals surface area contributed by atoms with Crippen molar-refractivity contribution >= 4 is 17.5 Å². The maximum atomic E-state index is 13.1. The van der Waals surface area contributed by atoms with Gasteiger partial charge in [-0.2, -0.15) is 0 Å². The highest BCUT2D eigenvalue weighted by molar-refractivity contribution is 6.31. The van der Waals surface area contributed by atoms with Crippen LogP contribution in [0.15, 0.2) is 36.4 Å². The summed E-state index contributed by atoms with van der Waals surface area (Å²) in [5.74, 6) is 0.125. The Hall–Kier alpha value is -1.84. The number of carbonyl (C=O) groups is 1. The van der Waals surface area contributed by atoms with Gasteiger partial charge in [0.25, 0.3) is 5.91 Å². The molecule has 26 heavy (non-hydrogen) atoms. The molecule has 0 radical (unpaired) electrons. The Labute approximate surface area is 161 Å². The van der Waals surface area contributed by atoms with Crippen LogP contribution in [0, 0.1) is 13.8 Å². The van der Waals surface area contributed by atoms with E-state index in [1.54, 1.807) is 0 Å². The maximum absolute atomic E-state index is 13.1. The van der Waals surface area contributed by atoms with Crippen LogP contribution in [-0.4, -0.2) is 42.4 Å². The lowest BCUT2D eigenvalue weighted by Gasteiger charge is -2.40. The van der Waals surface area contributed by atoms with E-state index in [2.05, 4.69) is 37.1 Å². The second kappa shape index (κ2) is 7.81. The fourth-order valence-electron chi connectivity index (χ4n) is 3.77. The molecule has 1 amide bonds. The van der Waals surface area contributed by atoms with Gasteiger partial charge in [0.15, 0.2) is 0 Å². The van der Waals surface area contributed by atoms with Crippen LogP contribution in [0.3, 0.4) is 0 Å². The minimum absolute atomic E-state index is 0.125. The molecular weight excluding hydrogens is 344 g/mol. The molecule has 0 bridgehead atoms. The topological polar surface area (TPSA) is 23.6 Å². The molecule has 3 rings (SSSR count). The van der Waals surface area contributed by atoms with Gasteiger partial charge in [-0.25, -0.2) is 0 Å². The number of halogens is 1. The van der Waals surface area contributed by atoms with Crippen LogP contribution in [-0.2, 0) is 6.42 Å². The Balaban J connectivity index is 1.84. The predicted molar refractivity (Wildman–Crippen MR) is 108 cm³/mol. The molecule has 1 saturated heterocycles. The van der Waals surface area contributed by atoms with Crippen molar-refractivity contribution in [1.82, 2.24) is 9.80 Å². The van der Waals surface area contributed by atoms with Crippen LogP contribution in [0.25, 0.3) is 0 Å². The van der Waals surface area contributed by atoms with Crippen LogP contribution in [0.1, 0.15) is 45.6 Å². The molecule has 1 heterocycles. The molecule has 1 atom stereocenters. The fraction of sp³-hybridized carbons (Fsp3) is 0.409. The molecule has 2 aromatic carbocycles. The first-order valence-electron chi connectivity index (χ1n) is 9.25. The number of hydrogen-bond acceptors (Lipinski definition) is 2. The van der Waals surface area contributed by atoms with E-state index in [9.17, 15) is 4.79 Å². The van der Waals surface area contributed by atoms with E-state index in [1.165, 1.54) is 5.56 Å². The summed E-state index contributed by atoms with van der Waals surface area (Å²) in [6.07, 6.45) is 0.911. The van der Waals surface area contributed by atoms with Gasteiger partial charge in [0.2, 0.25) is 0 Å². The summed E-state index contributed by atoms with van der Waals surface area (Å²) in [6, 6.07) is 12.5. The summed E-state index contributed by atoms with van der Waals surface area (Å²) < 4.78 is 0. The highest BCUT2D eigenvalue weighted by Gasteiger charge is 2.29. The van der Waals surface area contributed by atoms with Gasteiger partial charge in [-0.05, 0) is 56.6 Å². The van der Waals surface area contributed by atoms with E-state index < -0.39 is 0 Å². The van der Waals surface area contributed by atoms with Gasteiger partial charge >= 0.3 is 0 Å². The van der Waals surface area contributed by atoms with Gasteiger partial charge in [-0.1, -0.05) is 47.9 Å². The molecule has 0 unspecified atom stereocenters. The summed E-state index contributed by atoms with van der Waals surface area (Å²) in [6.45, 7) is 8.52. The number of benzene rings is 2. The highest BCUT2D eigenvalue weighted by atomic mass is 35.5. The third-order valence-corrected chi connectivity index (χ3v) is 5.61. The molecule has 3 nitrogen and oxygen atoms in total. The van der Waals surface area contributed by atoms with E-state index in [0.29, 0.717) is 6.54 Å². The first-order valence-corrected chi connectivity index (χ1v) is 9.63. The molecule has 0 spiro atoms. The van der Waals surface area contributed by atoms with Crippen LogP contribution < -0.4 is 0 Å². The highest BCUT2D eigenvalue weighted by Crippen LogP contribution is 2.28. The van der Waals surface area contributed by atoms with Gasteiger partial charge in [0.1, 0.15) is 0 Å². The van der Waals surface area contributed by atoms with Crippen LogP contribution >= 0.6 is 11.6 Å². The number of piperazine rings is 1. The first-order chi connectivity index (χ1) is 12.4. The van der Waals surface area contributed by atoms with Gasteiger partial charge in [-0.3, -0.25) is 9.69 Å². The quantitative estimate of drug-likeness (QED) is 0.785. The molecule has 1 aliphatic heterocycles. The van der Waals surface area contributed by atoms with Crippen molar-refractivity contribution in [3.05, 3.63) is 69.2 Å². The van der Waals surface area contributed by atoms with Crippen molar-refractivity contribution in [2.45, 2.75) is 33.2 Å². The van der Waals surface area contributed by atoms with Gasteiger partial charge in [0.05, 0.1) is 6.04 Å². The van der Waals surface area contributed by atoms with Crippen molar-refractivity contribution in [3.8, 4) is 0 Å². The van der Waals surface area contributed by atoms with Crippen molar-refractivity contribution in [2.24, 2.45) is 0 Å².